The summed E-state index contributed by atoms with van der Waals surface area (Å²) in [6.07, 6.45) is -0.0135. The summed E-state index contributed by atoms with van der Waals surface area (Å²) < 4.78 is 42.2. The van der Waals surface area contributed by atoms with Crippen LogP contribution in [0.25, 0.3) is 0 Å². The van der Waals surface area contributed by atoms with E-state index in [1.54, 1.807) is 0 Å². The molecule has 6 nitrogen and oxygen atoms in total. The maximum atomic E-state index is 13.7. The molecule has 1 aliphatic rings. The summed E-state index contributed by atoms with van der Waals surface area (Å²) in [4.78, 5) is 26.0. The van der Waals surface area contributed by atoms with E-state index in [9.17, 15) is 22.4 Å². The third kappa shape index (κ3) is 6.17. The van der Waals surface area contributed by atoms with Crippen molar-refractivity contribution in [2.75, 3.05) is 24.7 Å². The number of nitrogens with zero attached hydrogens (tertiary/aromatic N) is 1. The fraction of sp³-hybridized carbons (Fsp3) is 0.556. The molecule has 1 unspecified atom stereocenters. The number of hydrogen-bond acceptors (Lipinski definition) is 5. The van der Waals surface area contributed by atoms with Gasteiger partial charge in [0.15, 0.2) is 16.4 Å². The van der Waals surface area contributed by atoms with Gasteiger partial charge in [0.1, 0.15) is 5.82 Å². The Morgan fingerprint density at radius 3 is 2.63 bits per heavy atom. The molecule has 0 saturated carbocycles. The van der Waals surface area contributed by atoms with Gasteiger partial charge < -0.3 is 9.64 Å². The zero-order valence-corrected chi connectivity index (χ0v) is 16.9. The van der Waals surface area contributed by atoms with Crippen LogP contribution in [-0.4, -0.2) is 55.9 Å². The average molecular weight is 420 g/mol. The summed E-state index contributed by atoms with van der Waals surface area (Å²) in [5.74, 6) is -1.76. The Hall–Kier alpha value is -1.67. The van der Waals surface area contributed by atoms with E-state index in [2.05, 4.69) is 0 Å². The topological polar surface area (TPSA) is 80.8 Å². The van der Waals surface area contributed by atoms with Crippen molar-refractivity contribution in [1.29, 1.82) is 0 Å². The number of rotatable bonds is 7. The Morgan fingerprint density at radius 1 is 1.37 bits per heavy atom. The number of carbonyl (C=O) groups is 2. The predicted molar refractivity (Wildman–Crippen MR) is 99.7 cm³/mol. The Morgan fingerprint density at radius 2 is 2.07 bits per heavy atom. The molecule has 1 saturated heterocycles. The van der Waals surface area contributed by atoms with Crippen LogP contribution in [0.1, 0.15) is 25.8 Å². The first-order valence-electron chi connectivity index (χ1n) is 8.67. The smallest absolute Gasteiger partial charge is 0.310 e. The van der Waals surface area contributed by atoms with E-state index in [0.717, 1.165) is 0 Å². The summed E-state index contributed by atoms with van der Waals surface area (Å²) in [7, 11) is -3.15. The van der Waals surface area contributed by atoms with E-state index in [1.165, 1.54) is 23.1 Å². The first-order valence-corrected chi connectivity index (χ1v) is 10.9. The largest absolute Gasteiger partial charge is 0.455 e. The molecule has 0 spiro atoms. The van der Waals surface area contributed by atoms with E-state index in [-0.39, 0.29) is 34.4 Å². The fourth-order valence-corrected chi connectivity index (χ4v) is 4.95. The van der Waals surface area contributed by atoms with Gasteiger partial charge in [0.25, 0.3) is 5.91 Å². The second-order valence-corrected chi connectivity index (χ2v) is 9.67. The van der Waals surface area contributed by atoms with Crippen molar-refractivity contribution < 1.29 is 27.1 Å². The lowest BCUT2D eigenvalue weighted by Gasteiger charge is -2.29. The quantitative estimate of drug-likeness (QED) is 0.633. The lowest BCUT2D eigenvalue weighted by atomic mass is 10.1. The van der Waals surface area contributed by atoms with Crippen LogP contribution in [0.2, 0.25) is 5.02 Å². The SMILES string of the molecule is CC(C)CN(C(=O)COC(=O)Cc1c(F)cccc1Cl)C1CCS(=O)(=O)C1. The van der Waals surface area contributed by atoms with Crippen molar-refractivity contribution in [2.24, 2.45) is 5.92 Å². The van der Waals surface area contributed by atoms with Gasteiger partial charge in [-0.2, -0.15) is 0 Å². The zero-order chi connectivity index (χ0) is 20.2. The van der Waals surface area contributed by atoms with Gasteiger partial charge in [-0.1, -0.05) is 31.5 Å². The normalized spacial score (nSPS) is 18.5. The highest BCUT2D eigenvalue weighted by Crippen LogP contribution is 2.21. The standard InChI is InChI=1S/C18H23ClFNO5S/c1-12(2)9-21(13-6-7-27(24,25)11-13)17(22)10-26-18(23)8-14-15(19)4-3-5-16(14)20/h3-5,12-13H,6-11H2,1-2H3. The van der Waals surface area contributed by atoms with Gasteiger partial charge in [0, 0.05) is 23.2 Å². The molecular formula is C18H23ClFNO5S. The van der Waals surface area contributed by atoms with E-state index in [0.29, 0.717) is 13.0 Å². The van der Waals surface area contributed by atoms with Crippen molar-refractivity contribution in [3.63, 3.8) is 0 Å². The summed E-state index contributed by atoms with van der Waals surface area (Å²) in [6.45, 7) is 3.68. The minimum Gasteiger partial charge on any atom is -0.455 e. The van der Waals surface area contributed by atoms with Gasteiger partial charge in [-0.15, -0.1) is 0 Å². The molecule has 1 atom stereocenters. The average Bonchev–Trinajstić information content (AvgIpc) is 2.93. The molecule has 0 aliphatic carbocycles. The molecule has 150 valence electrons. The molecule has 2 rings (SSSR count). The van der Waals surface area contributed by atoms with Crippen molar-refractivity contribution in [2.45, 2.75) is 32.7 Å². The molecule has 0 radical (unpaired) electrons. The van der Waals surface area contributed by atoms with E-state index >= 15 is 0 Å². The Balaban J connectivity index is 1.97. The molecule has 9 heteroatoms. The number of halogens is 2. The zero-order valence-electron chi connectivity index (χ0n) is 15.3. The third-order valence-electron chi connectivity index (χ3n) is 4.27. The van der Waals surface area contributed by atoms with Crippen LogP contribution >= 0.6 is 11.6 Å². The molecule has 0 aromatic heterocycles. The van der Waals surface area contributed by atoms with Crippen LogP contribution in [0.5, 0.6) is 0 Å². The molecule has 1 aromatic rings. The minimum absolute atomic E-state index is 0.0116. The minimum atomic E-state index is -3.15. The van der Waals surface area contributed by atoms with Crippen LogP contribution in [0.15, 0.2) is 18.2 Å². The first kappa shape index (κ1) is 21.6. The van der Waals surface area contributed by atoms with Gasteiger partial charge in [-0.25, -0.2) is 12.8 Å². The monoisotopic (exact) mass is 419 g/mol. The van der Waals surface area contributed by atoms with Crippen LogP contribution in [0.3, 0.4) is 0 Å². The van der Waals surface area contributed by atoms with Gasteiger partial charge >= 0.3 is 5.97 Å². The number of amides is 1. The molecule has 1 heterocycles. The Labute approximate surface area is 163 Å². The summed E-state index contributed by atoms with van der Waals surface area (Å²) >= 11 is 5.88. The lowest BCUT2D eigenvalue weighted by molar-refractivity contribution is -0.152. The number of benzene rings is 1. The molecule has 1 fully saturated rings. The van der Waals surface area contributed by atoms with Gasteiger partial charge in [0.2, 0.25) is 0 Å². The highest BCUT2D eigenvalue weighted by molar-refractivity contribution is 7.91. The molecule has 27 heavy (non-hydrogen) atoms. The molecule has 1 amide bonds. The lowest BCUT2D eigenvalue weighted by Crippen LogP contribution is -2.45. The van der Waals surface area contributed by atoms with Crippen LogP contribution < -0.4 is 0 Å². The van der Waals surface area contributed by atoms with Crippen LogP contribution in [0, 0.1) is 11.7 Å². The summed E-state index contributed by atoms with van der Waals surface area (Å²) in [5, 5.41) is 0.107. The van der Waals surface area contributed by atoms with E-state index in [4.69, 9.17) is 16.3 Å². The molecule has 1 aliphatic heterocycles. The maximum absolute atomic E-state index is 13.7. The number of hydrogen-bond donors (Lipinski definition) is 0. The van der Waals surface area contributed by atoms with Gasteiger partial charge in [0.05, 0.1) is 17.9 Å². The van der Waals surface area contributed by atoms with Crippen LogP contribution in [0.4, 0.5) is 4.39 Å². The first-order chi connectivity index (χ1) is 12.6. The second kappa shape index (κ2) is 9.01. The van der Waals surface area contributed by atoms with Gasteiger partial charge in [-0.05, 0) is 24.5 Å². The van der Waals surface area contributed by atoms with E-state index < -0.39 is 40.2 Å². The van der Waals surface area contributed by atoms with E-state index in [1.807, 2.05) is 13.8 Å². The fourth-order valence-electron chi connectivity index (χ4n) is 2.99. The predicted octanol–water partition coefficient (Wildman–Crippen LogP) is 2.24. The third-order valence-corrected chi connectivity index (χ3v) is 6.38. The molecule has 0 bridgehead atoms. The Bertz CT molecular complexity index is 792. The highest BCUT2D eigenvalue weighted by Gasteiger charge is 2.35. The van der Waals surface area contributed by atoms with Crippen LogP contribution in [-0.2, 0) is 30.6 Å². The number of carbonyl (C=O) groups excluding carboxylic acids is 2. The molecular weight excluding hydrogens is 397 g/mol. The van der Waals surface area contributed by atoms with Crippen molar-refractivity contribution in [1.82, 2.24) is 4.90 Å². The Kier molecular flexibility index (Phi) is 7.22. The van der Waals surface area contributed by atoms with Crippen molar-refractivity contribution >= 4 is 33.3 Å². The number of sulfone groups is 1. The number of esters is 1. The highest BCUT2D eigenvalue weighted by atomic mass is 35.5. The number of ether oxygens (including phenoxy) is 1. The molecule has 0 N–H and O–H groups in total. The summed E-state index contributed by atoms with van der Waals surface area (Å²) in [5.41, 5.74) is 0.0116. The summed E-state index contributed by atoms with van der Waals surface area (Å²) in [6, 6.07) is 3.66. The maximum Gasteiger partial charge on any atom is 0.310 e. The molecule has 1 aromatic carbocycles. The van der Waals surface area contributed by atoms with Crippen molar-refractivity contribution in [3.8, 4) is 0 Å². The van der Waals surface area contributed by atoms with Crippen molar-refractivity contribution in [3.05, 3.63) is 34.6 Å². The van der Waals surface area contributed by atoms with Gasteiger partial charge in [-0.3, -0.25) is 9.59 Å². The second-order valence-electron chi connectivity index (χ2n) is 7.03.